The predicted octanol–water partition coefficient (Wildman–Crippen LogP) is 3.20. The van der Waals surface area contributed by atoms with Gasteiger partial charge in [0.2, 0.25) is 0 Å². The molecule has 1 aromatic carbocycles. The lowest BCUT2D eigenvalue weighted by Gasteiger charge is -2.25. The molecule has 3 N–H and O–H groups in total. The summed E-state index contributed by atoms with van der Waals surface area (Å²) in [5.74, 6) is -2.57. The van der Waals surface area contributed by atoms with Crippen LogP contribution in [0.2, 0.25) is 0 Å². The molecule has 0 amide bonds. The highest BCUT2D eigenvalue weighted by molar-refractivity contribution is 5.75. The van der Waals surface area contributed by atoms with Crippen molar-refractivity contribution in [2.24, 2.45) is 5.73 Å². The molecule has 0 fully saturated rings. The lowest BCUT2D eigenvalue weighted by atomic mass is 9.87. The molecule has 2 unspecified atom stereocenters. The summed E-state index contributed by atoms with van der Waals surface area (Å²) in [4.78, 5) is 46.8. The zero-order chi connectivity index (χ0) is 25.0. The minimum Gasteiger partial charge on any atom is -0.480 e. The van der Waals surface area contributed by atoms with E-state index in [9.17, 15) is 24.3 Å². The van der Waals surface area contributed by atoms with E-state index in [0.29, 0.717) is 5.56 Å². The molecule has 0 radical (unpaired) electrons. The van der Waals surface area contributed by atoms with Gasteiger partial charge in [-0.25, -0.2) is 14.4 Å². The second-order valence-electron chi connectivity index (χ2n) is 6.59. The third-order valence-electron chi connectivity index (χ3n) is 4.17. The molecule has 0 aromatic heterocycles. The van der Waals surface area contributed by atoms with Crippen molar-refractivity contribution in [2.75, 3.05) is 19.8 Å². The van der Waals surface area contributed by atoms with E-state index in [4.69, 9.17) is 34.2 Å². The van der Waals surface area contributed by atoms with Crippen molar-refractivity contribution in [1.82, 2.24) is 0 Å². The number of aliphatic carboxylic acids is 1. The first kappa shape index (κ1) is 27.5. The Bertz CT molecular complexity index is 826. The van der Waals surface area contributed by atoms with Crippen LogP contribution < -0.4 is 15.2 Å². The van der Waals surface area contributed by atoms with E-state index < -0.39 is 42.5 Å². The van der Waals surface area contributed by atoms with E-state index in [0.717, 1.165) is 0 Å². The number of benzene rings is 1. The van der Waals surface area contributed by atoms with Crippen LogP contribution >= 0.6 is 0 Å². The smallest absolute Gasteiger partial charge is 0.480 e. The summed E-state index contributed by atoms with van der Waals surface area (Å²) in [5, 5.41) is 9.46. The summed E-state index contributed by atoms with van der Waals surface area (Å²) in [6.45, 7) is 6.51. The van der Waals surface area contributed by atoms with Crippen LogP contribution in [0.25, 0.3) is 0 Å². The molecule has 0 saturated carbocycles. The van der Waals surface area contributed by atoms with Crippen LogP contribution in [0, 0.1) is 0 Å². The maximum Gasteiger partial charge on any atom is 0.513 e. The van der Waals surface area contributed by atoms with Gasteiger partial charge < -0.3 is 39.3 Å². The van der Waals surface area contributed by atoms with Gasteiger partial charge in [-0.15, -0.1) is 0 Å². The molecule has 1 aromatic rings. The van der Waals surface area contributed by atoms with Crippen molar-refractivity contribution in [3.8, 4) is 11.5 Å². The molecule has 0 spiro atoms. The Morgan fingerprint density at radius 3 is 1.91 bits per heavy atom. The van der Waals surface area contributed by atoms with Crippen LogP contribution in [-0.4, -0.2) is 61.5 Å². The zero-order valence-electron chi connectivity index (χ0n) is 18.9. The number of nitrogens with two attached hydrogens (primary N) is 1. The fourth-order valence-electron chi connectivity index (χ4n) is 2.78. The molecule has 12 nitrogen and oxygen atoms in total. The van der Waals surface area contributed by atoms with E-state index in [-0.39, 0.29) is 37.7 Å². The van der Waals surface area contributed by atoms with Crippen molar-refractivity contribution < 1.29 is 52.7 Å². The summed E-state index contributed by atoms with van der Waals surface area (Å²) in [5.41, 5.74) is 6.20. The molecule has 184 valence electrons. The van der Waals surface area contributed by atoms with Gasteiger partial charge in [-0.1, -0.05) is 6.07 Å². The van der Waals surface area contributed by atoms with Crippen molar-refractivity contribution in [3.05, 3.63) is 23.8 Å². The summed E-state index contributed by atoms with van der Waals surface area (Å²) >= 11 is 0. The summed E-state index contributed by atoms with van der Waals surface area (Å²) in [6.07, 6.45) is -3.76. The summed E-state index contributed by atoms with van der Waals surface area (Å²) in [7, 11) is 0. The van der Waals surface area contributed by atoms with Gasteiger partial charge in [0, 0.05) is 5.92 Å². The van der Waals surface area contributed by atoms with Gasteiger partial charge >= 0.3 is 24.4 Å². The van der Waals surface area contributed by atoms with Crippen LogP contribution in [-0.2, 0) is 23.7 Å². The number of hydrogen-bond acceptors (Lipinski definition) is 11. The molecule has 12 heteroatoms. The predicted molar refractivity (Wildman–Crippen MR) is 112 cm³/mol. The van der Waals surface area contributed by atoms with E-state index in [2.05, 4.69) is 0 Å². The molecule has 0 bridgehead atoms. The number of carboxylic acids is 1. The number of carboxylic acid groups (broad SMARTS) is 1. The highest BCUT2D eigenvalue weighted by atomic mass is 16.7. The average molecular weight is 471 g/mol. The quantitative estimate of drug-likeness (QED) is 0.275. The van der Waals surface area contributed by atoms with Gasteiger partial charge in [0.25, 0.3) is 0 Å². The monoisotopic (exact) mass is 471 g/mol. The number of carbonyl (C=O) groups is 4. The van der Waals surface area contributed by atoms with Gasteiger partial charge in [0.15, 0.2) is 11.5 Å². The zero-order valence-corrected chi connectivity index (χ0v) is 18.9. The van der Waals surface area contributed by atoms with Gasteiger partial charge in [0.1, 0.15) is 12.1 Å². The van der Waals surface area contributed by atoms with E-state index >= 15 is 0 Å². The third-order valence-corrected chi connectivity index (χ3v) is 4.17. The Kier molecular flexibility index (Phi) is 11.5. The summed E-state index contributed by atoms with van der Waals surface area (Å²) in [6, 6.07) is 2.62. The largest absolute Gasteiger partial charge is 0.513 e. The molecule has 0 aliphatic carbocycles. The Labute approximate surface area is 190 Å². The molecule has 0 heterocycles. The Balaban J connectivity index is 3.29. The van der Waals surface area contributed by atoms with E-state index in [1.54, 1.807) is 27.7 Å². The highest BCUT2D eigenvalue weighted by Crippen LogP contribution is 2.35. The molecular formula is C21H29NO11. The standard InChI is InChI=1S/C21H29NO11/c1-5-28-19(25)31-12(4)10-14(17(22)18(23)24)13-8-9-15(32-20(26)29-6-2)16(11-13)33-21(27)30-7-3/h8-9,11-12,14,17H,5-7,10,22H2,1-4H3,(H,23,24)/t12?,14?,17-/m0/s1. The van der Waals surface area contributed by atoms with Crippen molar-refractivity contribution in [2.45, 2.75) is 52.2 Å². The van der Waals surface area contributed by atoms with E-state index in [1.807, 2.05) is 0 Å². The first-order chi connectivity index (χ1) is 15.6. The minimum absolute atomic E-state index is 0.00318. The topological polar surface area (TPSA) is 170 Å². The van der Waals surface area contributed by atoms with Crippen molar-refractivity contribution >= 4 is 24.4 Å². The summed E-state index contributed by atoms with van der Waals surface area (Å²) < 4.78 is 29.4. The lowest BCUT2D eigenvalue weighted by Crippen LogP contribution is -2.38. The van der Waals surface area contributed by atoms with Crippen LogP contribution in [0.3, 0.4) is 0 Å². The normalized spacial score (nSPS) is 13.1. The fourth-order valence-corrected chi connectivity index (χ4v) is 2.78. The van der Waals surface area contributed by atoms with Crippen LogP contribution in [0.4, 0.5) is 14.4 Å². The lowest BCUT2D eigenvalue weighted by molar-refractivity contribution is -0.139. The first-order valence-electron chi connectivity index (χ1n) is 10.3. The number of rotatable bonds is 11. The highest BCUT2D eigenvalue weighted by Gasteiger charge is 2.30. The van der Waals surface area contributed by atoms with Crippen LogP contribution in [0.15, 0.2) is 18.2 Å². The molecular weight excluding hydrogens is 442 g/mol. The van der Waals surface area contributed by atoms with Crippen LogP contribution in [0.1, 0.15) is 45.6 Å². The maximum atomic E-state index is 11.9. The third kappa shape index (κ3) is 9.23. The number of carbonyl (C=O) groups excluding carboxylic acids is 3. The van der Waals surface area contributed by atoms with Gasteiger partial charge in [-0.05, 0) is 51.8 Å². The van der Waals surface area contributed by atoms with E-state index in [1.165, 1.54) is 18.2 Å². The molecule has 0 aliphatic heterocycles. The van der Waals surface area contributed by atoms with Crippen molar-refractivity contribution in [3.63, 3.8) is 0 Å². The second kappa shape index (κ2) is 13.8. The molecule has 33 heavy (non-hydrogen) atoms. The molecule has 0 saturated heterocycles. The second-order valence-corrected chi connectivity index (χ2v) is 6.59. The maximum absolute atomic E-state index is 11.9. The molecule has 0 aliphatic rings. The van der Waals surface area contributed by atoms with Gasteiger partial charge in [0.05, 0.1) is 19.8 Å². The fraction of sp³-hybridized carbons (Fsp3) is 0.524. The Morgan fingerprint density at radius 2 is 1.39 bits per heavy atom. The SMILES string of the molecule is CCOC(=O)Oc1ccc(C(CC(C)OC(=O)OCC)[C@H](N)C(=O)O)cc1OC(=O)OCC. The van der Waals surface area contributed by atoms with Gasteiger partial charge in [-0.3, -0.25) is 4.79 Å². The Morgan fingerprint density at radius 1 is 0.879 bits per heavy atom. The Hall–Kier alpha value is -3.54. The number of ether oxygens (including phenoxy) is 6. The first-order valence-corrected chi connectivity index (χ1v) is 10.3. The van der Waals surface area contributed by atoms with Crippen LogP contribution in [0.5, 0.6) is 11.5 Å². The average Bonchev–Trinajstić information content (AvgIpc) is 2.73. The molecule has 3 atom stereocenters. The molecule has 1 rings (SSSR count). The van der Waals surface area contributed by atoms with Crippen molar-refractivity contribution in [1.29, 1.82) is 0 Å². The number of hydrogen-bond donors (Lipinski definition) is 2. The van der Waals surface area contributed by atoms with Gasteiger partial charge in [-0.2, -0.15) is 0 Å². The minimum atomic E-state index is -1.40.